The van der Waals surface area contributed by atoms with Crippen LogP contribution < -0.4 is 0 Å². The van der Waals surface area contributed by atoms with Crippen molar-refractivity contribution in [2.45, 2.75) is 151 Å². The Balaban J connectivity index is 2.76. The van der Waals surface area contributed by atoms with Crippen LogP contribution in [0.3, 0.4) is 0 Å². The second-order valence-corrected chi connectivity index (χ2v) is 11.1. The minimum Gasteiger partial charge on any atom is -0.0654 e. The topological polar surface area (TPSA) is 0 Å². The van der Waals surface area contributed by atoms with Gasteiger partial charge >= 0.3 is 0 Å². The van der Waals surface area contributed by atoms with Crippen LogP contribution in [0.15, 0.2) is 0 Å². The maximum atomic E-state index is 2.68. The van der Waals surface area contributed by atoms with Gasteiger partial charge in [-0.2, -0.15) is 0 Å². The summed E-state index contributed by atoms with van der Waals surface area (Å²) >= 11 is 0. The van der Waals surface area contributed by atoms with E-state index in [4.69, 9.17) is 0 Å². The molecule has 0 spiro atoms. The zero-order valence-corrected chi connectivity index (χ0v) is 20.4. The Labute approximate surface area is 173 Å². The van der Waals surface area contributed by atoms with Crippen LogP contribution in [-0.2, 0) is 0 Å². The van der Waals surface area contributed by atoms with Gasteiger partial charge in [0.15, 0.2) is 0 Å². The van der Waals surface area contributed by atoms with Crippen molar-refractivity contribution in [2.75, 3.05) is 0 Å². The first-order valence-electron chi connectivity index (χ1n) is 12.8. The van der Waals surface area contributed by atoms with Crippen LogP contribution in [0.5, 0.6) is 0 Å². The highest BCUT2D eigenvalue weighted by Gasteiger charge is 2.51. The molecule has 1 aliphatic rings. The van der Waals surface area contributed by atoms with E-state index in [9.17, 15) is 0 Å². The SMILES string of the molecule is CCCCC(C)(C)C(C)(CCCCCC1CCCC1)C(C)(CC)CCCC. The third-order valence-corrected chi connectivity index (χ3v) is 9.11. The lowest BCUT2D eigenvalue weighted by Gasteiger charge is -2.57. The fourth-order valence-corrected chi connectivity index (χ4v) is 6.15. The third kappa shape index (κ3) is 6.78. The molecule has 162 valence electrons. The van der Waals surface area contributed by atoms with Crippen LogP contribution in [0, 0.1) is 22.2 Å². The average molecular weight is 379 g/mol. The van der Waals surface area contributed by atoms with E-state index in [0.29, 0.717) is 16.2 Å². The van der Waals surface area contributed by atoms with E-state index in [1.54, 1.807) is 0 Å². The van der Waals surface area contributed by atoms with Crippen LogP contribution in [0.4, 0.5) is 0 Å². The fourth-order valence-electron chi connectivity index (χ4n) is 6.15. The van der Waals surface area contributed by atoms with E-state index in [1.165, 1.54) is 103 Å². The third-order valence-electron chi connectivity index (χ3n) is 9.11. The molecular weight excluding hydrogens is 324 g/mol. The zero-order chi connectivity index (χ0) is 20.4. The van der Waals surface area contributed by atoms with E-state index in [1.807, 2.05) is 0 Å². The van der Waals surface area contributed by atoms with Gasteiger partial charge in [-0.15, -0.1) is 0 Å². The predicted molar refractivity (Wildman–Crippen MR) is 124 cm³/mol. The van der Waals surface area contributed by atoms with E-state index in [0.717, 1.165) is 5.92 Å². The molecule has 2 atom stereocenters. The van der Waals surface area contributed by atoms with Crippen LogP contribution in [-0.4, -0.2) is 0 Å². The van der Waals surface area contributed by atoms with Gasteiger partial charge in [0.05, 0.1) is 0 Å². The zero-order valence-electron chi connectivity index (χ0n) is 20.4. The second kappa shape index (κ2) is 11.9. The van der Waals surface area contributed by atoms with Crippen molar-refractivity contribution in [3.05, 3.63) is 0 Å². The summed E-state index contributed by atoms with van der Waals surface area (Å²) in [5.74, 6) is 1.07. The molecule has 27 heavy (non-hydrogen) atoms. The molecule has 0 aromatic carbocycles. The molecule has 0 amide bonds. The molecule has 0 saturated heterocycles. The molecular formula is C27H54. The first-order chi connectivity index (χ1) is 12.8. The van der Waals surface area contributed by atoms with Gasteiger partial charge in [0.2, 0.25) is 0 Å². The number of rotatable bonds is 15. The van der Waals surface area contributed by atoms with Crippen molar-refractivity contribution in [3.63, 3.8) is 0 Å². The van der Waals surface area contributed by atoms with E-state index in [2.05, 4.69) is 48.5 Å². The van der Waals surface area contributed by atoms with Crippen LogP contribution in [0.25, 0.3) is 0 Å². The summed E-state index contributed by atoms with van der Waals surface area (Å²) in [5.41, 5.74) is 1.37. The molecule has 2 unspecified atom stereocenters. The van der Waals surface area contributed by atoms with Gasteiger partial charge in [0, 0.05) is 0 Å². The summed E-state index contributed by atoms with van der Waals surface area (Å²) in [6.45, 7) is 17.7. The van der Waals surface area contributed by atoms with Gasteiger partial charge in [0.25, 0.3) is 0 Å². The van der Waals surface area contributed by atoms with Gasteiger partial charge < -0.3 is 0 Å². The number of hydrogen-bond acceptors (Lipinski definition) is 0. The molecule has 0 heteroatoms. The molecule has 0 heterocycles. The summed E-state index contributed by atoms with van der Waals surface area (Å²) in [7, 11) is 0. The standard InChI is InChI=1S/C27H54/c1-8-11-21-25(4,5)27(7,26(6,10-3)22-12-9-2)23-17-13-14-18-24-19-15-16-20-24/h24H,8-23H2,1-7H3. The molecule has 0 aromatic rings. The predicted octanol–water partition coefficient (Wildman–Crippen LogP) is 9.96. The van der Waals surface area contributed by atoms with Gasteiger partial charge in [-0.3, -0.25) is 0 Å². The summed E-state index contributed by atoms with van der Waals surface area (Å²) < 4.78 is 0. The Kier molecular flexibility index (Phi) is 11.0. The Morgan fingerprint density at radius 2 is 1.26 bits per heavy atom. The summed E-state index contributed by atoms with van der Waals surface area (Å²) in [5, 5.41) is 0. The minimum absolute atomic E-state index is 0.437. The molecule has 0 nitrogen and oxygen atoms in total. The van der Waals surface area contributed by atoms with E-state index < -0.39 is 0 Å². The molecule has 1 aliphatic carbocycles. The minimum atomic E-state index is 0.437. The molecule has 1 saturated carbocycles. The first kappa shape index (κ1) is 25.0. The lowest BCUT2D eigenvalue weighted by Crippen LogP contribution is -2.48. The van der Waals surface area contributed by atoms with Crippen molar-refractivity contribution in [2.24, 2.45) is 22.2 Å². The van der Waals surface area contributed by atoms with Crippen molar-refractivity contribution < 1.29 is 0 Å². The maximum Gasteiger partial charge on any atom is -0.0221 e. The van der Waals surface area contributed by atoms with Gasteiger partial charge in [-0.1, -0.05) is 132 Å². The first-order valence-corrected chi connectivity index (χ1v) is 12.8. The lowest BCUT2D eigenvalue weighted by atomic mass is 9.48. The van der Waals surface area contributed by atoms with Crippen LogP contribution in [0.2, 0.25) is 0 Å². The number of unbranched alkanes of at least 4 members (excludes halogenated alkanes) is 4. The Hall–Kier alpha value is 0. The molecule has 0 radical (unpaired) electrons. The van der Waals surface area contributed by atoms with Crippen molar-refractivity contribution in [1.82, 2.24) is 0 Å². The highest BCUT2D eigenvalue weighted by Crippen LogP contribution is 2.60. The number of hydrogen-bond donors (Lipinski definition) is 0. The highest BCUT2D eigenvalue weighted by molar-refractivity contribution is 5.00. The van der Waals surface area contributed by atoms with Gasteiger partial charge in [0.1, 0.15) is 0 Å². The summed E-state index contributed by atoms with van der Waals surface area (Å²) in [6, 6.07) is 0. The normalized spacial score (nSPS) is 20.6. The molecule has 0 N–H and O–H groups in total. The summed E-state index contributed by atoms with van der Waals surface area (Å²) in [6.07, 6.45) is 23.0. The largest absolute Gasteiger partial charge is 0.0654 e. The summed E-state index contributed by atoms with van der Waals surface area (Å²) in [4.78, 5) is 0. The Bertz CT molecular complexity index is 375. The van der Waals surface area contributed by atoms with Gasteiger partial charge in [-0.05, 0) is 41.4 Å². The monoisotopic (exact) mass is 378 g/mol. The van der Waals surface area contributed by atoms with E-state index >= 15 is 0 Å². The smallest absolute Gasteiger partial charge is 0.0221 e. The van der Waals surface area contributed by atoms with E-state index in [-0.39, 0.29) is 0 Å². The van der Waals surface area contributed by atoms with Crippen molar-refractivity contribution in [3.8, 4) is 0 Å². The van der Waals surface area contributed by atoms with Crippen molar-refractivity contribution >= 4 is 0 Å². The van der Waals surface area contributed by atoms with Crippen LogP contribution in [0.1, 0.15) is 151 Å². The van der Waals surface area contributed by atoms with Gasteiger partial charge in [-0.25, -0.2) is 0 Å². The average Bonchev–Trinajstić information content (AvgIpc) is 3.17. The quantitative estimate of drug-likeness (QED) is 0.249. The molecule has 0 bridgehead atoms. The lowest BCUT2D eigenvalue weighted by molar-refractivity contribution is -0.0713. The van der Waals surface area contributed by atoms with Crippen LogP contribution >= 0.6 is 0 Å². The van der Waals surface area contributed by atoms with Crippen molar-refractivity contribution in [1.29, 1.82) is 0 Å². The Morgan fingerprint density at radius 1 is 0.667 bits per heavy atom. The highest BCUT2D eigenvalue weighted by atomic mass is 14.6. The second-order valence-electron chi connectivity index (χ2n) is 11.1. The molecule has 0 aliphatic heterocycles. The molecule has 1 fully saturated rings. The molecule has 1 rings (SSSR count). The maximum absolute atomic E-state index is 2.68. The fraction of sp³-hybridized carbons (Fsp3) is 1.00. The molecule has 0 aromatic heterocycles. The Morgan fingerprint density at radius 3 is 1.81 bits per heavy atom.